The molecule has 19 heavy (non-hydrogen) atoms. The maximum absolute atomic E-state index is 5.36. The fourth-order valence-electron chi connectivity index (χ4n) is 2.14. The largest absolute Gasteiger partial charge is 0.379 e. The van der Waals surface area contributed by atoms with Gasteiger partial charge in [0, 0.05) is 36.3 Å². The van der Waals surface area contributed by atoms with Crippen LogP contribution in [0.1, 0.15) is 18.5 Å². The number of morpholine rings is 1. The molecule has 1 saturated heterocycles. The first-order chi connectivity index (χ1) is 9.29. The van der Waals surface area contributed by atoms with Gasteiger partial charge in [0.25, 0.3) is 0 Å². The third-order valence-electron chi connectivity index (χ3n) is 3.59. The lowest BCUT2D eigenvalue weighted by atomic mass is 10.1. The monoisotopic (exact) mass is 280 g/mol. The van der Waals surface area contributed by atoms with Crippen LogP contribution in [-0.2, 0) is 4.74 Å². The molecule has 0 bridgehead atoms. The van der Waals surface area contributed by atoms with Crippen LogP contribution in [-0.4, -0.2) is 50.5 Å². The van der Waals surface area contributed by atoms with Crippen molar-refractivity contribution in [3.8, 4) is 0 Å². The van der Waals surface area contributed by atoms with E-state index in [2.05, 4.69) is 41.4 Å². The first-order valence-corrected chi connectivity index (χ1v) is 7.98. The quantitative estimate of drug-likeness (QED) is 0.809. The van der Waals surface area contributed by atoms with Gasteiger partial charge in [-0.25, -0.2) is 0 Å². The van der Waals surface area contributed by atoms with Gasteiger partial charge in [-0.1, -0.05) is 12.1 Å². The molecule has 1 aromatic rings. The molecule has 0 spiro atoms. The number of ether oxygens (including phenoxy) is 1. The summed E-state index contributed by atoms with van der Waals surface area (Å²) in [5, 5.41) is 3.26. The Labute approximate surface area is 120 Å². The number of nitrogens with zero attached hydrogens (tertiary/aromatic N) is 1. The third-order valence-corrected chi connectivity index (χ3v) is 4.59. The van der Waals surface area contributed by atoms with Crippen LogP contribution in [0, 0.1) is 0 Å². The van der Waals surface area contributed by atoms with E-state index in [1.54, 1.807) is 0 Å². The Morgan fingerprint density at radius 1 is 1.26 bits per heavy atom. The van der Waals surface area contributed by atoms with Crippen molar-refractivity contribution < 1.29 is 4.74 Å². The van der Waals surface area contributed by atoms with Crippen LogP contribution in [0.15, 0.2) is 29.2 Å². The number of benzene rings is 1. The highest BCUT2D eigenvalue weighted by Crippen LogP contribution is 2.21. The van der Waals surface area contributed by atoms with Crippen molar-refractivity contribution in [1.82, 2.24) is 10.2 Å². The first-order valence-electron chi connectivity index (χ1n) is 6.99. The molecule has 1 unspecified atom stereocenters. The molecule has 0 amide bonds. The lowest BCUT2D eigenvalue weighted by Crippen LogP contribution is -2.37. The van der Waals surface area contributed by atoms with Gasteiger partial charge in [0.1, 0.15) is 0 Å². The molecule has 1 atom stereocenters. The van der Waals surface area contributed by atoms with E-state index in [9.17, 15) is 0 Å². The summed E-state index contributed by atoms with van der Waals surface area (Å²) in [7, 11) is 2.00. The predicted octanol–water partition coefficient (Wildman–Crippen LogP) is 2.39. The summed E-state index contributed by atoms with van der Waals surface area (Å²) >= 11 is 1.94. The van der Waals surface area contributed by atoms with Crippen LogP contribution < -0.4 is 5.32 Å². The van der Waals surface area contributed by atoms with Gasteiger partial charge in [0.2, 0.25) is 0 Å². The van der Waals surface area contributed by atoms with Crippen molar-refractivity contribution in [3.63, 3.8) is 0 Å². The van der Waals surface area contributed by atoms with E-state index in [1.807, 2.05) is 18.8 Å². The van der Waals surface area contributed by atoms with Crippen LogP contribution in [0.3, 0.4) is 0 Å². The molecule has 3 nitrogen and oxygen atoms in total. The lowest BCUT2D eigenvalue weighted by Gasteiger charge is -2.26. The molecule has 0 aromatic heterocycles. The molecule has 0 saturated carbocycles. The third kappa shape index (κ3) is 4.80. The average molecular weight is 280 g/mol. The topological polar surface area (TPSA) is 24.5 Å². The van der Waals surface area contributed by atoms with Crippen molar-refractivity contribution in [2.75, 3.05) is 45.6 Å². The van der Waals surface area contributed by atoms with Crippen LogP contribution >= 0.6 is 11.8 Å². The molecule has 1 heterocycles. The van der Waals surface area contributed by atoms with Crippen LogP contribution in [0.25, 0.3) is 0 Å². The van der Waals surface area contributed by atoms with Crippen LogP contribution in [0.2, 0.25) is 0 Å². The highest BCUT2D eigenvalue weighted by atomic mass is 32.2. The fourth-order valence-corrected chi connectivity index (χ4v) is 3.05. The summed E-state index contributed by atoms with van der Waals surface area (Å²) in [6, 6.07) is 9.32. The van der Waals surface area contributed by atoms with Crippen LogP contribution in [0.4, 0.5) is 0 Å². The van der Waals surface area contributed by atoms with E-state index in [0.29, 0.717) is 6.04 Å². The standard InChI is InChI=1S/C15H24N2OS/c1-13(16-2)14-3-5-15(6-4-14)19-12-9-17-7-10-18-11-8-17/h3-6,13,16H,7-12H2,1-2H3. The van der Waals surface area contributed by atoms with Gasteiger partial charge in [0.15, 0.2) is 0 Å². The number of thioether (sulfide) groups is 1. The zero-order valence-electron chi connectivity index (χ0n) is 11.9. The second-order valence-electron chi connectivity index (χ2n) is 4.88. The molecule has 0 aliphatic carbocycles. The zero-order valence-corrected chi connectivity index (χ0v) is 12.7. The summed E-state index contributed by atoms with van der Waals surface area (Å²) in [4.78, 5) is 3.84. The van der Waals surface area contributed by atoms with Gasteiger partial charge in [0.05, 0.1) is 13.2 Å². The van der Waals surface area contributed by atoms with Gasteiger partial charge in [-0.2, -0.15) is 0 Å². The highest BCUT2D eigenvalue weighted by molar-refractivity contribution is 7.99. The number of hydrogen-bond acceptors (Lipinski definition) is 4. The number of hydrogen-bond donors (Lipinski definition) is 1. The van der Waals surface area contributed by atoms with Gasteiger partial charge in [-0.15, -0.1) is 11.8 Å². The average Bonchev–Trinajstić information content (AvgIpc) is 2.48. The molecule has 1 aromatic carbocycles. The molecule has 2 rings (SSSR count). The molecule has 1 aliphatic rings. The summed E-state index contributed by atoms with van der Waals surface area (Å²) in [6.07, 6.45) is 0. The minimum absolute atomic E-state index is 0.424. The maximum Gasteiger partial charge on any atom is 0.0594 e. The minimum Gasteiger partial charge on any atom is -0.379 e. The first kappa shape index (κ1) is 14.9. The van der Waals surface area contributed by atoms with Crippen molar-refractivity contribution in [3.05, 3.63) is 29.8 Å². The Kier molecular flexibility index (Phi) is 6.17. The van der Waals surface area contributed by atoms with Gasteiger partial charge in [-0.3, -0.25) is 4.90 Å². The van der Waals surface area contributed by atoms with E-state index in [0.717, 1.165) is 38.6 Å². The molecule has 0 radical (unpaired) electrons. The Hall–Kier alpha value is -0.550. The Balaban J connectivity index is 1.73. The smallest absolute Gasteiger partial charge is 0.0594 e. The van der Waals surface area contributed by atoms with Crippen molar-refractivity contribution in [2.24, 2.45) is 0 Å². The van der Waals surface area contributed by atoms with Crippen LogP contribution in [0.5, 0.6) is 0 Å². The fraction of sp³-hybridized carbons (Fsp3) is 0.600. The molecule has 4 heteroatoms. The summed E-state index contributed by atoms with van der Waals surface area (Å²) in [5.74, 6) is 1.15. The number of nitrogens with one attached hydrogen (secondary N) is 1. The summed E-state index contributed by atoms with van der Waals surface area (Å²) < 4.78 is 5.36. The van der Waals surface area contributed by atoms with Crippen molar-refractivity contribution in [1.29, 1.82) is 0 Å². The summed E-state index contributed by atoms with van der Waals surface area (Å²) in [5.41, 5.74) is 1.35. The highest BCUT2D eigenvalue weighted by Gasteiger charge is 2.09. The van der Waals surface area contributed by atoms with Gasteiger partial charge < -0.3 is 10.1 Å². The number of rotatable bonds is 6. The van der Waals surface area contributed by atoms with E-state index in [4.69, 9.17) is 4.74 Å². The molecule has 1 aliphatic heterocycles. The molecule has 1 fully saturated rings. The molecule has 106 valence electrons. The normalized spacial score (nSPS) is 18.4. The SMILES string of the molecule is CNC(C)c1ccc(SCCN2CCOCC2)cc1. The van der Waals surface area contributed by atoms with E-state index in [-0.39, 0.29) is 0 Å². The predicted molar refractivity (Wildman–Crippen MR) is 81.9 cm³/mol. The Morgan fingerprint density at radius 3 is 2.58 bits per heavy atom. The molecular weight excluding hydrogens is 256 g/mol. The summed E-state index contributed by atoms with van der Waals surface area (Å²) in [6.45, 7) is 7.28. The van der Waals surface area contributed by atoms with E-state index in [1.165, 1.54) is 10.5 Å². The van der Waals surface area contributed by atoms with Gasteiger partial charge >= 0.3 is 0 Å². The molecular formula is C15H24N2OS. The minimum atomic E-state index is 0.424. The van der Waals surface area contributed by atoms with E-state index >= 15 is 0 Å². The van der Waals surface area contributed by atoms with E-state index < -0.39 is 0 Å². The van der Waals surface area contributed by atoms with Gasteiger partial charge in [-0.05, 0) is 31.7 Å². The second-order valence-corrected chi connectivity index (χ2v) is 6.05. The van der Waals surface area contributed by atoms with Crippen molar-refractivity contribution in [2.45, 2.75) is 17.9 Å². The Bertz CT molecular complexity index is 363. The Morgan fingerprint density at radius 2 is 1.95 bits per heavy atom. The molecule has 1 N–H and O–H groups in total. The maximum atomic E-state index is 5.36. The second kappa shape index (κ2) is 7.90. The lowest BCUT2D eigenvalue weighted by molar-refractivity contribution is 0.0410. The zero-order chi connectivity index (χ0) is 13.5. The van der Waals surface area contributed by atoms with Crippen molar-refractivity contribution >= 4 is 11.8 Å².